The van der Waals surface area contributed by atoms with Crippen LogP contribution < -0.4 is 5.73 Å². The molecule has 3 atom stereocenters. The fourth-order valence-electron chi connectivity index (χ4n) is 2.31. The molecule has 0 saturated carbocycles. The first kappa shape index (κ1) is 13.9. The molecule has 2 rings (SSSR count). The molecular weight excluding hydrogens is 242 g/mol. The van der Waals surface area contributed by atoms with Gasteiger partial charge in [-0.05, 0) is 0 Å². The van der Waals surface area contributed by atoms with Crippen LogP contribution in [0, 0.1) is 0 Å². The van der Waals surface area contributed by atoms with E-state index < -0.39 is 30.3 Å². The minimum Gasteiger partial charge on any atom is -0.391 e. The van der Waals surface area contributed by atoms with Crippen molar-refractivity contribution in [3.63, 3.8) is 0 Å². The molecule has 0 aromatic rings. The first-order chi connectivity index (χ1) is 8.59. The van der Waals surface area contributed by atoms with E-state index in [1.54, 1.807) is 0 Å². The lowest BCUT2D eigenvalue weighted by Crippen LogP contribution is -2.70. The zero-order valence-electron chi connectivity index (χ0n) is 10.1. The van der Waals surface area contributed by atoms with Gasteiger partial charge < -0.3 is 29.2 Å². The first-order valence-corrected chi connectivity index (χ1v) is 5.82. The number of nitrogens with two attached hydrogens (primary N) is 1. The van der Waals surface area contributed by atoms with Crippen LogP contribution >= 0.6 is 0 Å². The van der Waals surface area contributed by atoms with Gasteiger partial charge in [-0.2, -0.15) is 0 Å². The lowest BCUT2D eigenvalue weighted by molar-refractivity contribution is -0.306. The zero-order chi connectivity index (χ0) is 13.2. The fourth-order valence-corrected chi connectivity index (χ4v) is 2.31. The van der Waals surface area contributed by atoms with Gasteiger partial charge in [-0.3, -0.25) is 5.73 Å². The van der Waals surface area contributed by atoms with E-state index in [9.17, 15) is 10.2 Å². The Hall–Kier alpha value is -0.540. The van der Waals surface area contributed by atoms with E-state index in [4.69, 9.17) is 24.7 Å². The van der Waals surface area contributed by atoms with Crippen molar-refractivity contribution < 1.29 is 29.2 Å². The Bertz CT molecular complexity index is 306. The molecule has 2 fully saturated rings. The number of aliphatic hydroxyl groups is 2. The lowest BCUT2D eigenvalue weighted by Gasteiger charge is -2.42. The van der Waals surface area contributed by atoms with Gasteiger partial charge in [0.1, 0.15) is 18.8 Å². The molecule has 0 spiro atoms. The number of ether oxygens (including phenoxy) is 4. The van der Waals surface area contributed by atoms with Crippen LogP contribution in [-0.4, -0.2) is 67.0 Å². The Morgan fingerprint density at radius 1 is 1.39 bits per heavy atom. The Labute approximate surface area is 105 Å². The molecule has 0 bridgehead atoms. The summed E-state index contributed by atoms with van der Waals surface area (Å²) < 4.78 is 21.6. The van der Waals surface area contributed by atoms with Crippen molar-refractivity contribution in [2.24, 2.45) is 5.73 Å². The van der Waals surface area contributed by atoms with Crippen molar-refractivity contribution in [2.45, 2.75) is 23.7 Å². The maximum atomic E-state index is 9.86. The van der Waals surface area contributed by atoms with E-state index in [2.05, 4.69) is 6.58 Å². The van der Waals surface area contributed by atoms with Crippen molar-refractivity contribution in [2.75, 3.05) is 33.0 Å². The lowest BCUT2D eigenvalue weighted by atomic mass is 9.96. The zero-order valence-corrected chi connectivity index (χ0v) is 10.1. The van der Waals surface area contributed by atoms with Gasteiger partial charge >= 0.3 is 0 Å². The van der Waals surface area contributed by atoms with Gasteiger partial charge in [0.25, 0.3) is 0 Å². The Morgan fingerprint density at radius 2 is 2.06 bits per heavy atom. The molecule has 0 radical (unpaired) electrons. The van der Waals surface area contributed by atoms with Crippen molar-refractivity contribution in [3.8, 4) is 0 Å². The number of rotatable bonds is 5. The van der Waals surface area contributed by atoms with Crippen LogP contribution in [0.5, 0.6) is 0 Å². The second-order valence-electron chi connectivity index (χ2n) is 4.32. The van der Waals surface area contributed by atoms with Crippen LogP contribution in [0.25, 0.3) is 0 Å². The third-order valence-electron chi connectivity index (χ3n) is 3.22. The van der Waals surface area contributed by atoms with E-state index in [-0.39, 0.29) is 13.2 Å². The van der Waals surface area contributed by atoms with Crippen LogP contribution in [0.4, 0.5) is 0 Å². The number of aliphatic hydroxyl groups excluding tert-OH is 2. The molecule has 0 unspecified atom stereocenters. The summed E-state index contributed by atoms with van der Waals surface area (Å²) >= 11 is 0. The van der Waals surface area contributed by atoms with Gasteiger partial charge in [-0.25, -0.2) is 0 Å². The molecule has 0 aromatic carbocycles. The minimum atomic E-state index is -1.55. The third kappa shape index (κ3) is 1.97. The molecule has 2 saturated heterocycles. The maximum Gasteiger partial charge on any atom is 0.238 e. The first-order valence-electron chi connectivity index (χ1n) is 5.82. The van der Waals surface area contributed by atoms with Crippen molar-refractivity contribution in [1.29, 1.82) is 0 Å². The highest BCUT2D eigenvalue weighted by atomic mass is 16.8. The van der Waals surface area contributed by atoms with Crippen LogP contribution in [0.15, 0.2) is 12.7 Å². The van der Waals surface area contributed by atoms with Crippen LogP contribution in [0.1, 0.15) is 0 Å². The maximum absolute atomic E-state index is 9.86. The van der Waals surface area contributed by atoms with Crippen LogP contribution in [0.3, 0.4) is 0 Å². The van der Waals surface area contributed by atoms with Gasteiger partial charge in [0.05, 0.1) is 26.4 Å². The average Bonchev–Trinajstić information content (AvgIpc) is 2.96. The molecule has 18 heavy (non-hydrogen) atoms. The summed E-state index contributed by atoms with van der Waals surface area (Å²) in [5.74, 6) is -1.50. The molecule has 2 aliphatic rings. The quantitative estimate of drug-likeness (QED) is 0.509. The van der Waals surface area contributed by atoms with Crippen molar-refractivity contribution >= 4 is 0 Å². The molecule has 104 valence electrons. The molecule has 4 N–H and O–H groups in total. The van der Waals surface area contributed by atoms with Crippen LogP contribution in [-0.2, 0) is 18.9 Å². The standard InChI is InChI=1S/C11H19NO6/c1-2-3-15-9-8(14)6-18-11(9,12)10(7-13)16-4-5-17-10/h2,8-9,13-14H,1,3-7,12H2/t8-,9+,11-/m0/s1. The third-order valence-corrected chi connectivity index (χ3v) is 3.22. The highest BCUT2D eigenvalue weighted by Gasteiger charge is 2.64. The predicted octanol–water partition coefficient (Wildman–Crippen LogP) is -1.66. The van der Waals surface area contributed by atoms with E-state index in [1.807, 2.05) is 0 Å². The second kappa shape index (κ2) is 5.22. The highest BCUT2D eigenvalue weighted by Crippen LogP contribution is 2.39. The fraction of sp³-hybridized carbons (Fsp3) is 0.818. The van der Waals surface area contributed by atoms with E-state index in [1.165, 1.54) is 6.08 Å². The second-order valence-corrected chi connectivity index (χ2v) is 4.32. The normalized spacial score (nSPS) is 39.1. The Morgan fingerprint density at radius 3 is 2.61 bits per heavy atom. The average molecular weight is 261 g/mol. The molecule has 7 nitrogen and oxygen atoms in total. The molecular formula is C11H19NO6. The predicted molar refractivity (Wildman–Crippen MR) is 60.5 cm³/mol. The highest BCUT2D eigenvalue weighted by molar-refractivity contribution is 5.06. The number of hydrogen-bond acceptors (Lipinski definition) is 7. The van der Waals surface area contributed by atoms with Gasteiger partial charge in [0.15, 0.2) is 0 Å². The molecule has 0 aromatic heterocycles. The van der Waals surface area contributed by atoms with E-state index in [0.717, 1.165) is 0 Å². The topological polar surface area (TPSA) is 103 Å². The van der Waals surface area contributed by atoms with Gasteiger partial charge in [-0.1, -0.05) is 6.08 Å². The molecule has 2 heterocycles. The smallest absolute Gasteiger partial charge is 0.238 e. The summed E-state index contributed by atoms with van der Waals surface area (Å²) in [7, 11) is 0. The van der Waals surface area contributed by atoms with Gasteiger partial charge in [-0.15, -0.1) is 6.58 Å². The van der Waals surface area contributed by atoms with E-state index in [0.29, 0.717) is 13.2 Å². The minimum absolute atomic E-state index is 0.00716. The molecule has 0 aliphatic carbocycles. The Balaban J connectivity index is 2.23. The van der Waals surface area contributed by atoms with E-state index >= 15 is 0 Å². The van der Waals surface area contributed by atoms with Gasteiger partial charge in [0, 0.05) is 0 Å². The van der Waals surface area contributed by atoms with Gasteiger partial charge in [0.2, 0.25) is 11.5 Å². The summed E-state index contributed by atoms with van der Waals surface area (Å²) in [6.45, 7) is 3.84. The summed E-state index contributed by atoms with van der Waals surface area (Å²) in [5.41, 5.74) is 4.58. The SMILES string of the molecule is C=CCO[C@@H]1[C@@H](O)CO[C@]1(N)C1(CO)OCCO1. The summed E-state index contributed by atoms with van der Waals surface area (Å²) in [4.78, 5) is 0. The molecule has 0 amide bonds. The summed E-state index contributed by atoms with van der Waals surface area (Å²) in [6.07, 6.45) is -0.236. The summed E-state index contributed by atoms with van der Waals surface area (Å²) in [6, 6.07) is 0. The van der Waals surface area contributed by atoms with Crippen molar-refractivity contribution in [3.05, 3.63) is 12.7 Å². The molecule has 7 heteroatoms. The Kier molecular flexibility index (Phi) is 4.02. The summed E-state index contributed by atoms with van der Waals surface area (Å²) in [5, 5.41) is 19.4. The van der Waals surface area contributed by atoms with Crippen LogP contribution in [0.2, 0.25) is 0 Å². The monoisotopic (exact) mass is 261 g/mol. The molecule has 2 aliphatic heterocycles. The van der Waals surface area contributed by atoms with Crippen molar-refractivity contribution in [1.82, 2.24) is 0 Å². The largest absolute Gasteiger partial charge is 0.391 e. The number of hydrogen-bond donors (Lipinski definition) is 3.